The molecule has 1 aliphatic heterocycles. The molecule has 0 aliphatic carbocycles. The lowest BCUT2D eigenvalue weighted by molar-refractivity contribution is 0.0600. The molecule has 6 heteroatoms. The van der Waals surface area contributed by atoms with E-state index in [0.29, 0.717) is 5.56 Å². The van der Waals surface area contributed by atoms with Crippen LogP contribution in [0, 0.1) is 11.3 Å². The molecular weight excluding hydrogens is 242 g/mol. The Balaban J connectivity index is 2.61. The number of methoxy groups -OCH3 is 1. The summed E-state index contributed by atoms with van der Waals surface area (Å²) in [6, 6.07) is 6.18. The van der Waals surface area contributed by atoms with Crippen molar-refractivity contribution in [2.24, 2.45) is 0 Å². The van der Waals surface area contributed by atoms with Crippen LogP contribution in [0.4, 0.5) is 0 Å². The molecule has 1 atom stereocenters. The van der Waals surface area contributed by atoms with Gasteiger partial charge in [-0.15, -0.1) is 0 Å². The van der Waals surface area contributed by atoms with Crippen LogP contribution in [0.2, 0.25) is 0 Å². The number of carbonyl (C=O) groups is 1. The van der Waals surface area contributed by atoms with E-state index in [1.807, 2.05) is 6.07 Å². The van der Waals surface area contributed by atoms with E-state index in [1.165, 1.54) is 25.3 Å². The van der Waals surface area contributed by atoms with Gasteiger partial charge >= 0.3 is 5.97 Å². The molecule has 1 aliphatic rings. The van der Waals surface area contributed by atoms with Gasteiger partial charge in [-0.3, -0.25) is 0 Å². The zero-order valence-corrected chi connectivity index (χ0v) is 9.82. The summed E-state index contributed by atoms with van der Waals surface area (Å²) in [6.45, 7) is 0. The van der Waals surface area contributed by atoms with Crippen molar-refractivity contribution in [2.75, 3.05) is 12.9 Å². The van der Waals surface area contributed by atoms with E-state index >= 15 is 0 Å². The SMILES string of the molecule is COC(=O)c1ccc2c(c1)S(=O)(=O)CC2C#N. The number of hydrogen-bond acceptors (Lipinski definition) is 5. The lowest BCUT2D eigenvalue weighted by Gasteiger charge is -2.03. The molecule has 0 spiro atoms. The maximum Gasteiger partial charge on any atom is 0.337 e. The van der Waals surface area contributed by atoms with Gasteiger partial charge < -0.3 is 4.74 Å². The molecular formula is C11H9NO4S. The molecule has 1 aromatic carbocycles. The summed E-state index contributed by atoms with van der Waals surface area (Å²) in [6.07, 6.45) is 0. The Bertz CT molecular complexity index is 627. The van der Waals surface area contributed by atoms with Crippen LogP contribution in [0.15, 0.2) is 23.1 Å². The number of carbonyl (C=O) groups excluding carboxylic acids is 1. The van der Waals surface area contributed by atoms with Crippen molar-refractivity contribution >= 4 is 15.8 Å². The molecule has 1 heterocycles. The summed E-state index contributed by atoms with van der Waals surface area (Å²) in [5.74, 6) is -1.46. The first-order valence-electron chi connectivity index (χ1n) is 4.84. The highest BCUT2D eigenvalue weighted by Crippen LogP contribution is 2.35. The molecule has 0 aromatic heterocycles. The second kappa shape index (κ2) is 3.86. The predicted molar refractivity (Wildman–Crippen MR) is 58.2 cm³/mol. The maximum absolute atomic E-state index is 11.8. The van der Waals surface area contributed by atoms with E-state index in [0.717, 1.165) is 0 Å². The number of rotatable bonds is 1. The van der Waals surface area contributed by atoms with Gasteiger partial charge in [0.2, 0.25) is 0 Å². The van der Waals surface area contributed by atoms with E-state index in [4.69, 9.17) is 5.26 Å². The highest BCUT2D eigenvalue weighted by molar-refractivity contribution is 7.91. The van der Waals surface area contributed by atoms with Crippen molar-refractivity contribution in [2.45, 2.75) is 10.8 Å². The summed E-state index contributed by atoms with van der Waals surface area (Å²) in [5, 5.41) is 8.86. The fourth-order valence-corrected chi connectivity index (χ4v) is 3.59. The van der Waals surface area contributed by atoms with Crippen LogP contribution >= 0.6 is 0 Å². The van der Waals surface area contributed by atoms with Gasteiger partial charge in [0.05, 0.1) is 35.3 Å². The number of nitriles is 1. The van der Waals surface area contributed by atoms with Crippen molar-refractivity contribution in [3.63, 3.8) is 0 Å². The Morgan fingerprint density at radius 1 is 1.53 bits per heavy atom. The first kappa shape index (κ1) is 11.6. The Morgan fingerprint density at radius 2 is 2.24 bits per heavy atom. The van der Waals surface area contributed by atoms with Gasteiger partial charge in [0, 0.05) is 0 Å². The normalized spacial score (nSPS) is 20.4. The van der Waals surface area contributed by atoms with Crippen LogP contribution < -0.4 is 0 Å². The van der Waals surface area contributed by atoms with Gasteiger partial charge in [-0.25, -0.2) is 13.2 Å². The second-order valence-corrected chi connectivity index (χ2v) is 5.71. The third-order valence-corrected chi connectivity index (χ3v) is 4.48. The minimum Gasteiger partial charge on any atom is -0.465 e. The van der Waals surface area contributed by atoms with E-state index in [2.05, 4.69) is 4.74 Å². The summed E-state index contributed by atoms with van der Waals surface area (Å²) < 4.78 is 28.1. The van der Waals surface area contributed by atoms with Crippen LogP contribution in [0.25, 0.3) is 0 Å². The highest BCUT2D eigenvalue weighted by atomic mass is 32.2. The van der Waals surface area contributed by atoms with Crippen molar-refractivity contribution in [1.29, 1.82) is 5.26 Å². The monoisotopic (exact) mass is 251 g/mol. The molecule has 5 nitrogen and oxygen atoms in total. The van der Waals surface area contributed by atoms with Gasteiger partial charge in [0.1, 0.15) is 0 Å². The molecule has 0 saturated carbocycles. The van der Waals surface area contributed by atoms with Gasteiger partial charge in [-0.05, 0) is 17.7 Å². The summed E-state index contributed by atoms with van der Waals surface area (Å²) in [4.78, 5) is 11.4. The zero-order valence-electron chi connectivity index (χ0n) is 9.00. The van der Waals surface area contributed by atoms with Crippen molar-refractivity contribution < 1.29 is 17.9 Å². The zero-order chi connectivity index (χ0) is 12.6. The smallest absolute Gasteiger partial charge is 0.337 e. The lowest BCUT2D eigenvalue weighted by atomic mass is 10.0. The number of esters is 1. The minimum atomic E-state index is -3.46. The molecule has 0 fully saturated rings. The predicted octanol–water partition coefficient (Wildman–Crippen LogP) is 0.868. The first-order chi connectivity index (χ1) is 7.99. The number of fused-ring (bicyclic) bond motifs is 1. The molecule has 1 aromatic rings. The fourth-order valence-electron chi connectivity index (χ4n) is 1.84. The summed E-state index contributed by atoms with van der Waals surface area (Å²) in [7, 11) is -2.24. The van der Waals surface area contributed by atoms with Crippen molar-refractivity contribution in [1.82, 2.24) is 0 Å². The second-order valence-electron chi connectivity index (χ2n) is 3.71. The number of benzene rings is 1. The first-order valence-corrected chi connectivity index (χ1v) is 6.49. The molecule has 0 radical (unpaired) electrons. The Labute approximate surface area is 98.5 Å². The van der Waals surface area contributed by atoms with Gasteiger partial charge in [0.15, 0.2) is 9.84 Å². The van der Waals surface area contributed by atoms with Crippen LogP contribution in [0.5, 0.6) is 0 Å². The van der Waals surface area contributed by atoms with Crippen LogP contribution in [0.3, 0.4) is 0 Å². The third-order valence-electron chi connectivity index (χ3n) is 2.69. The molecule has 0 bridgehead atoms. The molecule has 88 valence electrons. The molecule has 17 heavy (non-hydrogen) atoms. The molecule has 2 rings (SSSR count). The Hall–Kier alpha value is -1.87. The molecule has 0 N–H and O–H groups in total. The number of ether oxygens (including phenoxy) is 1. The van der Waals surface area contributed by atoms with E-state index in [-0.39, 0.29) is 16.2 Å². The van der Waals surface area contributed by atoms with Crippen molar-refractivity contribution in [3.05, 3.63) is 29.3 Å². The van der Waals surface area contributed by atoms with Gasteiger partial charge in [-0.2, -0.15) is 5.26 Å². The Kier molecular flexibility index (Phi) is 2.63. The average molecular weight is 251 g/mol. The number of hydrogen-bond donors (Lipinski definition) is 0. The maximum atomic E-state index is 11.8. The average Bonchev–Trinajstić information content (AvgIpc) is 2.59. The summed E-state index contributed by atoms with van der Waals surface area (Å²) >= 11 is 0. The molecule has 0 saturated heterocycles. The number of nitrogens with zero attached hydrogens (tertiary/aromatic N) is 1. The molecule has 1 unspecified atom stereocenters. The van der Waals surface area contributed by atoms with Gasteiger partial charge in [-0.1, -0.05) is 6.07 Å². The van der Waals surface area contributed by atoms with E-state index < -0.39 is 21.7 Å². The Morgan fingerprint density at radius 3 is 2.82 bits per heavy atom. The quantitative estimate of drug-likeness (QED) is 0.691. The third kappa shape index (κ3) is 1.78. The highest BCUT2D eigenvalue weighted by Gasteiger charge is 2.35. The van der Waals surface area contributed by atoms with E-state index in [9.17, 15) is 13.2 Å². The van der Waals surface area contributed by atoms with E-state index in [1.54, 1.807) is 0 Å². The summed E-state index contributed by atoms with van der Waals surface area (Å²) in [5.41, 5.74) is 0.633. The standard InChI is InChI=1S/C11H9NO4S/c1-16-11(13)7-2-3-9-8(5-12)6-17(14,15)10(9)4-7/h2-4,8H,6H2,1H3. The van der Waals surface area contributed by atoms with Crippen LogP contribution in [0.1, 0.15) is 21.8 Å². The minimum absolute atomic E-state index is 0.0620. The van der Waals surface area contributed by atoms with Crippen LogP contribution in [-0.2, 0) is 14.6 Å². The largest absolute Gasteiger partial charge is 0.465 e. The van der Waals surface area contributed by atoms with Crippen molar-refractivity contribution in [3.8, 4) is 6.07 Å². The fraction of sp³-hybridized carbons (Fsp3) is 0.273. The van der Waals surface area contributed by atoms with Gasteiger partial charge in [0.25, 0.3) is 0 Å². The topological polar surface area (TPSA) is 84.2 Å². The number of sulfone groups is 1. The molecule has 0 amide bonds. The lowest BCUT2D eigenvalue weighted by Crippen LogP contribution is -2.04. The van der Waals surface area contributed by atoms with Crippen LogP contribution in [-0.4, -0.2) is 27.2 Å².